The van der Waals surface area contributed by atoms with Crippen LogP contribution in [0.2, 0.25) is 0 Å². The molecule has 2 heteroatoms. The highest BCUT2D eigenvalue weighted by atomic mass is 15.2. The first-order valence-corrected chi connectivity index (χ1v) is 14.5. The van der Waals surface area contributed by atoms with E-state index in [2.05, 4.69) is 80.5 Å². The molecule has 0 unspecified atom stereocenters. The molecule has 0 aromatic heterocycles. The van der Waals surface area contributed by atoms with Crippen molar-refractivity contribution >= 4 is 11.9 Å². The van der Waals surface area contributed by atoms with Gasteiger partial charge in [-0.15, -0.1) is 0 Å². The monoisotopic (exact) mass is 472 g/mol. The highest BCUT2D eigenvalue weighted by Gasteiger charge is 2.29. The molecule has 0 saturated heterocycles. The Hall–Kier alpha value is -2.22. The third kappa shape index (κ3) is 9.06. The summed E-state index contributed by atoms with van der Waals surface area (Å²) >= 11 is 0. The van der Waals surface area contributed by atoms with Gasteiger partial charge in [0.15, 0.2) is 0 Å². The normalized spacial score (nSPS) is 19.0. The van der Waals surface area contributed by atoms with E-state index in [1.807, 2.05) is 6.21 Å². The first-order valence-electron chi connectivity index (χ1n) is 14.5. The molecule has 0 spiro atoms. The summed E-state index contributed by atoms with van der Waals surface area (Å²) in [5, 5.41) is 9.42. The molecule has 1 aliphatic rings. The summed E-state index contributed by atoms with van der Waals surface area (Å²) in [6, 6.07) is 19.6. The van der Waals surface area contributed by atoms with Crippen LogP contribution in [-0.4, -0.2) is 11.9 Å². The van der Waals surface area contributed by atoms with Crippen LogP contribution < -0.4 is 0 Å². The number of hydrogen-bond donors (Lipinski definition) is 0. The summed E-state index contributed by atoms with van der Waals surface area (Å²) in [5.41, 5.74) is 4.96. The van der Waals surface area contributed by atoms with Crippen molar-refractivity contribution in [1.82, 2.24) is 0 Å². The number of rotatable bonds is 14. The average Bonchev–Trinajstić information content (AvgIpc) is 2.90. The van der Waals surface area contributed by atoms with E-state index in [-0.39, 0.29) is 0 Å². The maximum absolute atomic E-state index is 4.83. The lowest BCUT2D eigenvalue weighted by Gasteiger charge is -2.34. The van der Waals surface area contributed by atoms with E-state index in [9.17, 15) is 0 Å². The molecule has 0 heterocycles. The van der Waals surface area contributed by atoms with Gasteiger partial charge >= 0.3 is 0 Å². The zero-order chi connectivity index (χ0) is 24.7. The smallest absolute Gasteiger partial charge is 0.0733 e. The second-order valence-corrected chi connectivity index (χ2v) is 10.6. The first-order chi connectivity index (χ1) is 17.2. The summed E-state index contributed by atoms with van der Waals surface area (Å²) < 4.78 is 0. The van der Waals surface area contributed by atoms with Gasteiger partial charge in [-0.1, -0.05) is 120 Å². The molecular weight excluding hydrogens is 424 g/mol. The van der Waals surface area contributed by atoms with E-state index in [0.29, 0.717) is 5.92 Å². The van der Waals surface area contributed by atoms with Crippen LogP contribution in [0.5, 0.6) is 0 Å². The van der Waals surface area contributed by atoms with Crippen molar-refractivity contribution in [3.8, 4) is 0 Å². The summed E-state index contributed by atoms with van der Waals surface area (Å²) in [7, 11) is 0. The van der Waals surface area contributed by atoms with Crippen LogP contribution in [0.15, 0.2) is 64.8 Å². The van der Waals surface area contributed by atoms with Gasteiger partial charge in [0, 0.05) is 5.92 Å². The fourth-order valence-corrected chi connectivity index (χ4v) is 5.89. The van der Waals surface area contributed by atoms with Crippen LogP contribution in [0.25, 0.3) is 0 Å². The number of nitrogens with zero attached hydrogens (tertiary/aromatic N) is 2. The van der Waals surface area contributed by atoms with Crippen LogP contribution in [0.1, 0.15) is 115 Å². The van der Waals surface area contributed by atoms with E-state index in [1.54, 1.807) is 0 Å². The average molecular weight is 473 g/mol. The molecule has 0 aliphatic heterocycles. The topological polar surface area (TPSA) is 24.7 Å². The summed E-state index contributed by atoms with van der Waals surface area (Å²) in [6.45, 7) is 6.95. The minimum absolute atomic E-state index is 0.514. The molecule has 2 aromatic rings. The Kier molecular flexibility index (Phi) is 12.3. The van der Waals surface area contributed by atoms with Crippen LogP contribution in [0, 0.1) is 17.8 Å². The maximum Gasteiger partial charge on any atom is 0.0733 e. The highest BCUT2D eigenvalue weighted by molar-refractivity contribution is 6.02. The Morgan fingerprint density at radius 2 is 1.49 bits per heavy atom. The van der Waals surface area contributed by atoms with Gasteiger partial charge in [0.1, 0.15) is 0 Å². The molecule has 0 bridgehead atoms. The molecule has 0 N–H and O–H groups in total. The minimum Gasteiger partial charge on any atom is -0.158 e. The lowest BCUT2D eigenvalue weighted by molar-refractivity contribution is 0.206. The third-order valence-electron chi connectivity index (χ3n) is 7.88. The molecule has 0 amide bonds. The quantitative estimate of drug-likeness (QED) is 0.148. The first kappa shape index (κ1) is 27.4. The fourth-order valence-electron chi connectivity index (χ4n) is 5.89. The van der Waals surface area contributed by atoms with Crippen LogP contribution >= 0.6 is 0 Å². The molecule has 3 rings (SSSR count). The van der Waals surface area contributed by atoms with Gasteiger partial charge in [0.05, 0.1) is 11.9 Å². The van der Waals surface area contributed by atoms with Crippen molar-refractivity contribution in [3.63, 3.8) is 0 Å². The van der Waals surface area contributed by atoms with Crippen molar-refractivity contribution in [2.45, 2.75) is 104 Å². The predicted molar refractivity (Wildman–Crippen MR) is 154 cm³/mol. The van der Waals surface area contributed by atoms with Crippen molar-refractivity contribution in [3.05, 3.63) is 71.3 Å². The zero-order valence-corrected chi connectivity index (χ0v) is 22.6. The van der Waals surface area contributed by atoms with Crippen LogP contribution in [0.3, 0.4) is 0 Å². The Balaban J connectivity index is 1.65. The summed E-state index contributed by atoms with van der Waals surface area (Å²) in [5.74, 6) is 2.32. The SMILES string of the molecule is CCCCCCc1ccc(C=NN=C(c2ccccc2)C2CCC(C(CCC)CCC)CC2)cc1. The molecule has 0 atom stereocenters. The maximum atomic E-state index is 4.83. The number of unbranched alkanes of at least 4 members (excludes halogenated alkanes) is 3. The van der Waals surface area contributed by atoms with Crippen molar-refractivity contribution in [2.75, 3.05) is 0 Å². The fraction of sp³-hybridized carbons (Fsp3) is 0.576. The van der Waals surface area contributed by atoms with Gasteiger partial charge in [0.25, 0.3) is 0 Å². The van der Waals surface area contributed by atoms with Gasteiger partial charge in [0.2, 0.25) is 0 Å². The Morgan fingerprint density at radius 1 is 0.800 bits per heavy atom. The number of benzene rings is 2. The summed E-state index contributed by atoms with van der Waals surface area (Å²) in [6.07, 6.45) is 18.9. The molecule has 1 fully saturated rings. The highest BCUT2D eigenvalue weighted by Crippen LogP contribution is 2.38. The van der Waals surface area contributed by atoms with Gasteiger partial charge in [-0.25, -0.2) is 0 Å². The van der Waals surface area contributed by atoms with Crippen LogP contribution in [-0.2, 0) is 6.42 Å². The molecular formula is C33H48N2. The standard InChI is InChI=1S/C33H48N2/c1-4-7-8-10-15-27-18-20-28(21-19-27)26-34-35-33(31-16-11-9-12-17-31)32-24-22-30(23-25-32)29(13-5-2)14-6-3/h9,11-12,16-21,26,29-30,32H,4-8,10,13-15,22-25H2,1-3H3. The zero-order valence-electron chi connectivity index (χ0n) is 22.6. The van der Waals surface area contributed by atoms with E-state index >= 15 is 0 Å². The molecule has 2 nitrogen and oxygen atoms in total. The Bertz CT molecular complexity index is 867. The van der Waals surface area contributed by atoms with Crippen LogP contribution in [0.4, 0.5) is 0 Å². The lowest BCUT2D eigenvalue weighted by atomic mass is 9.71. The third-order valence-corrected chi connectivity index (χ3v) is 7.88. The lowest BCUT2D eigenvalue weighted by Crippen LogP contribution is -2.26. The van der Waals surface area contributed by atoms with E-state index < -0.39 is 0 Å². The summed E-state index contributed by atoms with van der Waals surface area (Å²) in [4.78, 5) is 0. The van der Waals surface area contributed by atoms with Crippen molar-refractivity contribution < 1.29 is 0 Å². The predicted octanol–water partition coefficient (Wildman–Crippen LogP) is 9.66. The molecule has 190 valence electrons. The Labute approximate surface area is 215 Å². The molecule has 35 heavy (non-hydrogen) atoms. The van der Waals surface area contributed by atoms with E-state index in [0.717, 1.165) is 17.4 Å². The van der Waals surface area contributed by atoms with E-state index in [1.165, 1.54) is 100 Å². The van der Waals surface area contributed by atoms with Gasteiger partial charge < -0.3 is 0 Å². The Morgan fingerprint density at radius 3 is 2.11 bits per heavy atom. The largest absolute Gasteiger partial charge is 0.158 e. The molecule has 0 radical (unpaired) electrons. The van der Waals surface area contributed by atoms with E-state index in [4.69, 9.17) is 5.10 Å². The van der Waals surface area contributed by atoms with Gasteiger partial charge in [-0.3, -0.25) is 0 Å². The minimum atomic E-state index is 0.514. The van der Waals surface area contributed by atoms with Gasteiger partial charge in [-0.05, 0) is 67.1 Å². The van der Waals surface area contributed by atoms with Crippen molar-refractivity contribution in [1.29, 1.82) is 0 Å². The number of hydrogen-bond acceptors (Lipinski definition) is 2. The van der Waals surface area contributed by atoms with Gasteiger partial charge in [-0.2, -0.15) is 10.2 Å². The molecule has 2 aromatic carbocycles. The number of aryl methyl sites for hydroxylation is 1. The molecule has 1 aliphatic carbocycles. The molecule has 1 saturated carbocycles. The van der Waals surface area contributed by atoms with Crippen molar-refractivity contribution in [2.24, 2.45) is 28.0 Å². The second-order valence-electron chi connectivity index (χ2n) is 10.6. The second kappa shape index (κ2) is 15.7.